The third-order valence-electron chi connectivity index (χ3n) is 6.50. The van der Waals surface area contributed by atoms with Crippen LogP contribution in [0.2, 0.25) is 0 Å². The number of esters is 1. The van der Waals surface area contributed by atoms with Crippen LogP contribution in [-0.2, 0) is 22.6 Å². The van der Waals surface area contributed by atoms with Gasteiger partial charge in [-0.05, 0) is 45.0 Å². The number of phenolic OH excluding ortho intramolecular Hbond substituents is 2. The SMILES string of the molecule is C/C=C(/CNCC)C(=O)O[C@@H]1Cc2c(c(-c3cccc(O)c3)c3oc(CO)cc(=O)c3c2O)OC1(C)C. The predicted octanol–water partition coefficient (Wildman–Crippen LogP) is 3.54. The minimum absolute atomic E-state index is 0.0136. The summed E-state index contributed by atoms with van der Waals surface area (Å²) < 4.78 is 18.1. The van der Waals surface area contributed by atoms with E-state index in [2.05, 4.69) is 5.32 Å². The minimum Gasteiger partial charge on any atom is -0.508 e. The van der Waals surface area contributed by atoms with E-state index in [0.717, 1.165) is 6.07 Å². The van der Waals surface area contributed by atoms with Gasteiger partial charge in [-0.25, -0.2) is 4.79 Å². The smallest absolute Gasteiger partial charge is 0.335 e. The number of fused-ring (bicyclic) bond motifs is 2. The lowest BCUT2D eigenvalue weighted by molar-refractivity contribution is -0.156. The first kappa shape index (κ1) is 26.2. The van der Waals surface area contributed by atoms with E-state index in [-0.39, 0.29) is 46.0 Å². The Balaban J connectivity index is 1.91. The molecule has 2 heterocycles. The summed E-state index contributed by atoms with van der Waals surface area (Å²) in [6.07, 6.45) is 0.971. The van der Waals surface area contributed by atoms with Crippen molar-refractivity contribution in [1.29, 1.82) is 0 Å². The average molecular weight is 510 g/mol. The molecule has 0 spiro atoms. The third-order valence-corrected chi connectivity index (χ3v) is 6.50. The molecule has 3 aromatic rings. The number of aliphatic hydroxyl groups is 1. The number of phenols is 2. The zero-order valence-corrected chi connectivity index (χ0v) is 21.3. The van der Waals surface area contributed by atoms with Crippen LogP contribution in [0.1, 0.15) is 39.0 Å². The number of carbonyl (C=O) groups is 1. The standard InChI is InChI=1S/C28H31NO8/c1-5-15(13-29-6-2)27(34)36-21-12-19-24(33)23-20(32)11-18(14-30)35-26(23)22(25(19)37-28(21,3)4)16-8-7-9-17(31)10-16/h5,7-11,21,29-31,33H,6,12-14H2,1-4H3/b15-5-/t21-/m1/s1. The van der Waals surface area contributed by atoms with Crippen LogP contribution >= 0.6 is 0 Å². The van der Waals surface area contributed by atoms with Crippen molar-refractivity contribution < 1.29 is 34.0 Å². The number of hydrogen-bond donors (Lipinski definition) is 4. The first-order valence-electron chi connectivity index (χ1n) is 12.1. The molecule has 0 radical (unpaired) electrons. The van der Waals surface area contributed by atoms with Gasteiger partial charge < -0.3 is 34.5 Å². The minimum atomic E-state index is -1.03. The van der Waals surface area contributed by atoms with E-state index in [4.69, 9.17) is 13.9 Å². The molecule has 0 bridgehead atoms. The lowest BCUT2D eigenvalue weighted by Crippen LogP contribution is -2.49. The lowest BCUT2D eigenvalue weighted by Gasteiger charge is -2.40. The Bertz CT molecular complexity index is 1440. The van der Waals surface area contributed by atoms with Crippen LogP contribution in [0.4, 0.5) is 0 Å². The van der Waals surface area contributed by atoms with E-state index in [1.807, 2.05) is 6.92 Å². The number of nitrogens with one attached hydrogen (secondary N) is 1. The molecule has 9 heteroatoms. The van der Waals surface area contributed by atoms with Crippen molar-refractivity contribution in [2.45, 2.75) is 52.4 Å². The Kier molecular flexibility index (Phi) is 7.29. The molecule has 0 amide bonds. The number of hydrogen-bond acceptors (Lipinski definition) is 9. The maximum atomic E-state index is 13.0. The fraction of sp³-hybridized carbons (Fsp3) is 0.357. The molecule has 2 aromatic carbocycles. The molecule has 196 valence electrons. The van der Waals surface area contributed by atoms with Crippen LogP contribution in [0.3, 0.4) is 0 Å². The number of likely N-dealkylation sites (N-methyl/N-ethyl adjacent to an activating group) is 1. The Hall–Kier alpha value is -3.82. The van der Waals surface area contributed by atoms with Crippen LogP contribution in [0.5, 0.6) is 17.2 Å². The maximum Gasteiger partial charge on any atom is 0.335 e. The Morgan fingerprint density at radius 3 is 2.68 bits per heavy atom. The van der Waals surface area contributed by atoms with Gasteiger partial charge in [0.05, 0.1) is 5.56 Å². The molecule has 4 N–H and O–H groups in total. The number of aromatic hydroxyl groups is 2. The molecule has 1 aliphatic rings. The summed E-state index contributed by atoms with van der Waals surface area (Å²) in [4.78, 5) is 25.9. The Morgan fingerprint density at radius 2 is 2.03 bits per heavy atom. The largest absolute Gasteiger partial charge is 0.508 e. The molecule has 0 saturated heterocycles. The summed E-state index contributed by atoms with van der Waals surface area (Å²) in [5.74, 6) is -0.615. The van der Waals surface area contributed by atoms with E-state index in [1.54, 1.807) is 39.0 Å². The zero-order valence-electron chi connectivity index (χ0n) is 21.3. The Labute approximate surface area is 214 Å². The number of allylic oxidation sites excluding steroid dienone is 1. The molecule has 4 rings (SSSR count). The fourth-order valence-corrected chi connectivity index (χ4v) is 4.46. The van der Waals surface area contributed by atoms with E-state index in [9.17, 15) is 24.9 Å². The van der Waals surface area contributed by atoms with E-state index < -0.39 is 29.7 Å². The summed E-state index contributed by atoms with van der Waals surface area (Å²) in [5, 5.41) is 34.0. The monoisotopic (exact) mass is 509 g/mol. The average Bonchev–Trinajstić information content (AvgIpc) is 2.85. The normalized spacial score (nSPS) is 16.8. The molecular weight excluding hydrogens is 478 g/mol. The van der Waals surface area contributed by atoms with Gasteiger partial charge >= 0.3 is 5.97 Å². The second kappa shape index (κ2) is 10.3. The van der Waals surface area contributed by atoms with E-state index in [0.29, 0.717) is 29.8 Å². The summed E-state index contributed by atoms with van der Waals surface area (Å²) in [5.41, 5.74) is 0.00125. The van der Waals surface area contributed by atoms with Gasteiger partial charge in [-0.1, -0.05) is 25.1 Å². The van der Waals surface area contributed by atoms with Gasteiger partial charge in [-0.3, -0.25) is 4.79 Å². The number of ether oxygens (including phenoxy) is 2. The van der Waals surface area contributed by atoms with Crippen LogP contribution in [0.15, 0.2) is 51.2 Å². The molecule has 37 heavy (non-hydrogen) atoms. The van der Waals surface area contributed by atoms with Crippen LogP contribution in [0, 0.1) is 0 Å². The fourth-order valence-electron chi connectivity index (χ4n) is 4.46. The molecule has 0 aliphatic carbocycles. The van der Waals surface area contributed by atoms with Crippen molar-refractivity contribution in [3.63, 3.8) is 0 Å². The second-order valence-electron chi connectivity index (χ2n) is 9.42. The number of aliphatic hydroxyl groups excluding tert-OH is 1. The molecule has 0 unspecified atom stereocenters. The van der Waals surface area contributed by atoms with Crippen molar-refractivity contribution in [1.82, 2.24) is 5.32 Å². The zero-order chi connectivity index (χ0) is 26.9. The van der Waals surface area contributed by atoms with Crippen LogP contribution in [0.25, 0.3) is 22.1 Å². The number of benzene rings is 2. The van der Waals surface area contributed by atoms with Crippen molar-refractivity contribution in [2.75, 3.05) is 13.1 Å². The van der Waals surface area contributed by atoms with Crippen molar-refractivity contribution >= 4 is 16.9 Å². The van der Waals surface area contributed by atoms with Crippen LogP contribution in [-0.4, -0.2) is 46.1 Å². The van der Waals surface area contributed by atoms with Gasteiger partial charge in [0.1, 0.15) is 46.7 Å². The summed E-state index contributed by atoms with van der Waals surface area (Å²) >= 11 is 0. The molecule has 1 aromatic heterocycles. The maximum absolute atomic E-state index is 13.0. The highest BCUT2D eigenvalue weighted by atomic mass is 16.6. The highest BCUT2D eigenvalue weighted by Crippen LogP contribution is 2.50. The summed E-state index contributed by atoms with van der Waals surface area (Å²) in [7, 11) is 0. The lowest BCUT2D eigenvalue weighted by atomic mass is 9.86. The van der Waals surface area contributed by atoms with Gasteiger partial charge in [0, 0.05) is 30.2 Å². The quantitative estimate of drug-likeness (QED) is 0.278. The highest BCUT2D eigenvalue weighted by Gasteiger charge is 2.43. The van der Waals surface area contributed by atoms with Gasteiger partial charge in [-0.15, -0.1) is 0 Å². The van der Waals surface area contributed by atoms with Gasteiger partial charge in [0.2, 0.25) is 0 Å². The summed E-state index contributed by atoms with van der Waals surface area (Å²) in [6, 6.07) is 7.44. The first-order valence-corrected chi connectivity index (χ1v) is 12.1. The molecular formula is C28H31NO8. The predicted molar refractivity (Wildman–Crippen MR) is 138 cm³/mol. The van der Waals surface area contributed by atoms with E-state index in [1.165, 1.54) is 12.1 Å². The summed E-state index contributed by atoms with van der Waals surface area (Å²) in [6.45, 7) is 7.74. The Morgan fingerprint density at radius 1 is 1.27 bits per heavy atom. The highest BCUT2D eigenvalue weighted by molar-refractivity contribution is 6.01. The van der Waals surface area contributed by atoms with Gasteiger partial charge in [-0.2, -0.15) is 0 Å². The molecule has 9 nitrogen and oxygen atoms in total. The molecule has 1 aliphatic heterocycles. The van der Waals surface area contributed by atoms with E-state index >= 15 is 0 Å². The third kappa shape index (κ3) is 4.92. The molecule has 0 saturated carbocycles. The van der Waals surface area contributed by atoms with Crippen molar-refractivity contribution in [3.05, 3.63) is 63.5 Å². The second-order valence-corrected chi connectivity index (χ2v) is 9.42. The van der Waals surface area contributed by atoms with Gasteiger partial charge in [0.15, 0.2) is 11.0 Å². The topological polar surface area (TPSA) is 138 Å². The van der Waals surface area contributed by atoms with Gasteiger partial charge in [0.25, 0.3) is 0 Å². The van der Waals surface area contributed by atoms with Crippen molar-refractivity contribution in [3.8, 4) is 28.4 Å². The number of rotatable bonds is 7. The van der Waals surface area contributed by atoms with Crippen LogP contribution < -0.4 is 15.5 Å². The number of carbonyl (C=O) groups excluding carboxylic acids is 1. The van der Waals surface area contributed by atoms with Crippen molar-refractivity contribution in [2.24, 2.45) is 0 Å². The molecule has 1 atom stereocenters. The molecule has 0 fully saturated rings. The first-order chi connectivity index (χ1) is 17.6.